The molecule has 4 rings (SSSR count). The van der Waals surface area contributed by atoms with Crippen LogP contribution in [0.2, 0.25) is 0 Å². The van der Waals surface area contributed by atoms with Gasteiger partial charge in [0.2, 0.25) is 5.89 Å². The van der Waals surface area contributed by atoms with Crippen LogP contribution in [0.15, 0.2) is 46.9 Å². The van der Waals surface area contributed by atoms with E-state index in [1.165, 1.54) is 0 Å². The van der Waals surface area contributed by atoms with Crippen molar-refractivity contribution in [1.29, 1.82) is 0 Å². The van der Waals surface area contributed by atoms with E-state index in [0.29, 0.717) is 29.9 Å². The van der Waals surface area contributed by atoms with Crippen LogP contribution in [-0.4, -0.2) is 20.7 Å². The van der Waals surface area contributed by atoms with E-state index in [0.717, 1.165) is 40.3 Å². The van der Waals surface area contributed by atoms with Crippen molar-refractivity contribution < 1.29 is 18.0 Å². The van der Waals surface area contributed by atoms with Crippen molar-refractivity contribution in [3.8, 4) is 11.5 Å². The molecule has 2 aromatic carbocycles. The first-order valence-electron chi connectivity index (χ1n) is 10.1. The van der Waals surface area contributed by atoms with Crippen molar-refractivity contribution in [2.45, 2.75) is 34.2 Å². The Bertz CT molecular complexity index is 1290. The average Bonchev–Trinajstić information content (AvgIpc) is 3.22. The van der Waals surface area contributed by atoms with Gasteiger partial charge in [0, 0.05) is 28.6 Å². The van der Waals surface area contributed by atoms with Gasteiger partial charge in [-0.3, -0.25) is 9.48 Å². The van der Waals surface area contributed by atoms with Gasteiger partial charge >= 0.3 is 0 Å². The fourth-order valence-corrected chi connectivity index (χ4v) is 3.36. The van der Waals surface area contributed by atoms with Crippen LogP contribution in [0.5, 0.6) is 0 Å². The lowest BCUT2D eigenvalue weighted by atomic mass is 10.1. The van der Waals surface area contributed by atoms with Crippen LogP contribution in [0.25, 0.3) is 11.5 Å². The number of nitrogens with zero attached hydrogens (tertiary/aromatic N) is 3. The van der Waals surface area contributed by atoms with E-state index in [-0.39, 0.29) is 5.56 Å². The molecule has 4 aromatic rings. The molecular weight excluding hydrogens is 414 g/mol. The predicted octanol–water partition coefficient (Wildman–Crippen LogP) is 5.35. The Labute approximate surface area is 183 Å². The molecule has 0 aliphatic rings. The topological polar surface area (TPSA) is 73.0 Å². The zero-order valence-corrected chi connectivity index (χ0v) is 18.2. The van der Waals surface area contributed by atoms with E-state index in [2.05, 4.69) is 15.4 Å². The molecule has 0 radical (unpaired) electrons. The summed E-state index contributed by atoms with van der Waals surface area (Å²) in [5, 5.41) is 7.17. The number of benzene rings is 2. The molecule has 32 heavy (non-hydrogen) atoms. The molecule has 2 heterocycles. The van der Waals surface area contributed by atoms with Crippen LogP contribution in [0.1, 0.15) is 38.8 Å². The van der Waals surface area contributed by atoms with Crippen molar-refractivity contribution in [2.24, 2.45) is 0 Å². The fraction of sp³-hybridized carbons (Fsp3) is 0.208. The summed E-state index contributed by atoms with van der Waals surface area (Å²) < 4.78 is 34.4. The second kappa shape index (κ2) is 8.37. The summed E-state index contributed by atoms with van der Waals surface area (Å²) in [6.45, 7) is 8.41. The Balaban J connectivity index is 1.50. The highest BCUT2D eigenvalue weighted by molar-refractivity contribution is 6.04. The Morgan fingerprint density at radius 3 is 2.28 bits per heavy atom. The van der Waals surface area contributed by atoms with E-state index in [1.807, 2.05) is 32.4 Å². The second-order valence-corrected chi connectivity index (χ2v) is 7.66. The van der Waals surface area contributed by atoms with Gasteiger partial charge < -0.3 is 9.73 Å². The maximum absolute atomic E-state index is 13.3. The van der Waals surface area contributed by atoms with Crippen LogP contribution >= 0.6 is 0 Å². The molecule has 6 nitrogen and oxygen atoms in total. The molecule has 0 saturated carbocycles. The van der Waals surface area contributed by atoms with Gasteiger partial charge in [-0.15, -0.1) is 0 Å². The third-order valence-electron chi connectivity index (χ3n) is 5.45. The molecule has 0 aliphatic carbocycles. The van der Waals surface area contributed by atoms with E-state index < -0.39 is 17.5 Å². The van der Waals surface area contributed by atoms with Gasteiger partial charge in [-0.25, -0.2) is 13.8 Å². The molecule has 8 heteroatoms. The SMILES string of the molecule is Cc1nn(Cc2nc(-c3ccc(NC(=O)c4cc(F)cc(F)c4)cc3)oc2C)c(C)c1C. The minimum Gasteiger partial charge on any atom is -0.441 e. The highest BCUT2D eigenvalue weighted by Crippen LogP contribution is 2.25. The third kappa shape index (κ3) is 4.30. The molecule has 164 valence electrons. The Morgan fingerprint density at radius 2 is 1.69 bits per heavy atom. The highest BCUT2D eigenvalue weighted by atomic mass is 19.1. The highest BCUT2D eigenvalue weighted by Gasteiger charge is 2.15. The van der Waals surface area contributed by atoms with Gasteiger partial charge in [0.05, 0.1) is 12.2 Å². The summed E-state index contributed by atoms with van der Waals surface area (Å²) in [5.74, 6) is -1.06. The number of hydrogen-bond donors (Lipinski definition) is 1. The van der Waals surface area contributed by atoms with Crippen molar-refractivity contribution in [2.75, 3.05) is 5.32 Å². The second-order valence-electron chi connectivity index (χ2n) is 7.66. The van der Waals surface area contributed by atoms with E-state index in [4.69, 9.17) is 4.42 Å². The Morgan fingerprint density at radius 1 is 1.03 bits per heavy atom. The average molecular weight is 436 g/mol. The molecule has 0 unspecified atom stereocenters. The number of halogens is 2. The van der Waals surface area contributed by atoms with Crippen molar-refractivity contribution in [3.05, 3.63) is 88.1 Å². The zero-order valence-electron chi connectivity index (χ0n) is 18.2. The first-order valence-corrected chi connectivity index (χ1v) is 10.1. The van der Waals surface area contributed by atoms with Gasteiger partial charge in [-0.1, -0.05) is 0 Å². The summed E-state index contributed by atoms with van der Waals surface area (Å²) >= 11 is 0. The summed E-state index contributed by atoms with van der Waals surface area (Å²) in [7, 11) is 0. The monoisotopic (exact) mass is 436 g/mol. The standard InChI is InChI=1S/C24H22F2N4O2/c1-13-14(2)29-30(15(13)3)12-22-16(4)32-24(28-22)17-5-7-21(8-6-17)27-23(31)18-9-19(25)11-20(26)10-18/h5-11H,12H2,1-4H3,(H,27,31). The molecule has 0 spiro atoms. The smallest absolute Gasteiger partial charge is 0.255 e. The van der Waals surface area contributed by atoms with Crippen molar-refractivity contribution in [1.82, 2.24) is 14.8 Å². The summed E-state index contributed by atoms with van der Waals surface area (Å²) in [4.78, 5) is 16.9. The predicted molar refractivity (Wildman–Crippen MR) is 117 cm³/mol. The number of aryl methyl sites for hydroxylation is 2. The van der Waals surface area contributed by atoms with Gasteiger partial charge in [0.1, 0.15) is 23.1 Å². The lowest BCUT2D eigenvalue weighted by molar-refractivity contribution is 0.102. The molecular formula is C24H22F2N4O2. The number of aromatic nitrogens is 3. The molecule has 0 bridgehead atoms. The first kappa shape index (κ1) is 21.4. The number of carbonyl (C=O) groups excluding carboxylic acids is 1. The molecule has 1 amide bonds. The molecule has 1 N–H and O–H groups in total. The number of amides is 1. The van der Waals surface area contributed by atoms with Crippen molar-refractivity contribution in [3.63, 3.8) is 0 Å². The van der Waals surface area contributed by atoms with E-state index in [9.17, 15) is 13.6 Å². The van der Waals surface area contributed by atoms with Crippen LogP contribution in [0.3, 0.4) is 0 Å². The normalized spacial score (nSPS) is 11.1. The quantitative estimate of drug-likeness (QED) is 0.458. The summed E-state index contributed by atoms with van der Waals surface area (Å²) in [6, 6.07) is 9.53. The molecule has 0 atom stereocenters. The van der Waals surface area contributed by atoms with E-state index >= 15 is 0 Å². The molecule has 0 aliphatic heterocycles. The minimum absolute atomic E-state index is 0.0982. The molecule has 0 fully saturated rings. The fourth-order valence-electron chi connectivity index (χ4n) is 3.36. The lowest BCUT2D eigenvalue weighted by Crippen LogP contribution is -2.12. The van der Waals surface area contributed by atoms with Crippen molar-refractivity contribution >= 4 is 11.6 Å². The minimum atomic E-state index is -0.809. The zero-order chi connectivity index (χ0) is 23.0. The number of rotatable bonds is 5. The maximum atomic E-state index is 13.3. The summed E-state index contributed by atoms with van der Waals surface area (Å²) in [6.07, 6.45) is 0. The maximum Gasteiger partial charge on any atom is 0.255 e. The van der Waals surface area contributed by atoms with E-state index in [1.54, 1.807) is 24.3 Å². The number of hydrogen-bond acceptors (Lipinski definition) is 4. The van der Waals surface area contributed by atoms with Gasteiger partial charge in [0.25, 0.3) is 5.91 Å². The molecule has 2 aromatic heterocycles. The Hall–Kier alpha value is -3.81. The molecule has 0 saturated heterocycles. The van der Waals surface area contributed by atoms with Crippen LogP contribution < -0.4 is 5.32 Å². The number of anilines is 1. The Kier molecular flexibility index (Phi) is 5.61. The largest absolute Gasteiger partial charge is 0.441 e. The summed E-state index contributed by atoms with van der Waals surface area (Å²) in [5.41, 5.74) is 5.14. The van der Waals surface area contributed by atoms with Gasteiger partial charge in [0.15, 0.2) is 0 Å². The third-order valence-corrected chi connectivity index (χ3v) is 5.45. The number of nitrogens with one attached hydrogen (secondary N) is 1. The number of oxazole rings is 1. The lowest BCUT2D eigenvalue weighted by Gasteiger charge is -2.06. The van der Waals surface area contributed by atoms with Crippen LogP contribution in [0, 0.1) is 39.3 Å². The van der Waals surface area contributed by atoms with Gasteiger partial charge in [-0.2, -0.15) is 5.10 Å². The van der Waals surface area contributed by atoms with Crippen LogP contribution in [-0.2, 0) is 6.54 Å². The van der Waals surface area contributed by atoms with Gasteiger partial charge in [-0.05, 0) is 69.7 Å². The number of carbonyl (C=O) groups is 1. The van der Waals surface area contributed by atoms with Crippen LogP contribution in [0.4, 0.5) is 14.5 Å². The first-order chi connectivity index (χ1) is 15.2.